The van der Waals surface area contributed by atoms with Crippen LogP contribution in [-0.4, -0.2) is 29.0 Å². The summed E-state index contributed by atoms with van der Waals surface area (Å²) in [7, 11) is 1.62. The number of halogens is 2. The van der Waals surface area contributed by atoms with Crippen molar-refractivity contribution in [1.82, 2.24) is 10.2 Å². The van der Waals surface area contributed by atoms with Crippen LogP contribution in [0.25, 0.3) is 0 Å². The SMILES string of the molecule is COc1ccc(Nc2nnc(SCC(=O)Nc3ccc(Cl)cc3Cl)s2)cc1. The van der Waals surface area contributed by atoms with Gasteiger partial charge in [0.1, 0.15) is 5.75 Å². The van der Waals surface area contributed by atoms with Gasteiger partial charge in [0, 0.05) is 10.7 Å². The lowest BCUT2D eigenvalue weighted by atomic mass is 10.3. The van der Waals surface area contributed by atoms with Gasteiger partial charge in [0.15, 0.2) is 4.34 Å². The van der Waals surface area contributed by atoms with Crippen LogP contribution < -0.4 is 15.4 Å². The van der Waals surface area contributed by atoms with E-state index in [1.54, 1.807) is 25.3 Å². The molecular formula is C17H14Cl2N4O2S2. The fraction of sp³-hybridized carbons (Fsp3) is 0.118. The smallest absolute Gasteiger partial charge is 0.234 e. The van der Waals surface area contributed by atoms with Crippen LogP contribution in [0.2, 0.25) is 10.0 Å². The maximum absolute atomic E-state index is 12.1. The zero-order chi connectivity index (χ0) is 19.2. The molecule has 0 bridgehead atoms. The van der Waals surface area contributed by atoms with Gasteiger partial charge in [-0.3, -0.25) is 4.79 Å². The van der Waals surface area contributed by atoms with Gasteiger partial charge in [-0.05, 0) is 42.5 Å². The van der Waals surface area contributed by atoms with Gasteiger partial charge in [0.05, 0.1) is 23.6 Å². The summed E-state index contributed by atoms with van der Waals surface area (Å²) < 4.78 is 5.81. The lowest BCUT2D eigenvalue weighted by Crippen LogP contribution is -2.14. The molecule has 27 heavy (non-hydrogen) atoms. The van der Waals surface area contributed by atoms with Gasteiger partial charge in [-0.1, -0.05) is 46.3 Å². The summed E-state index contributed by atoms with van der Waals surface area (Å²) in [6.07, 6.45) is 0. The third-order valence-electron chi connectivity index (χ3n) is 3.28. The van der Waals surface area contributed by atoms with Gasteiger partial charge in [-0.15, -0.1) is 10.2 Å². The number of hydrogen-bond acceptors (Lipinski definition) is 7. The van der Waals surface area contributed by atoms with E-state index in [1.807, 2.05) is 24.3 Å². The molecule has 0 saturated heterocycles. The molecule has 0 aliphatic heterocycles. The zero-order valence-corrected chi connectivity index (χ0v) is 17.2. The molecule has 0 aliphatic rings. The fourth-order valence-corrected chi connectivity index (χ4v) is 4.05. The van der Waals surface area contributed by atoms with E-state index in [-0.39, 0.29) is 11.7 Å². The molecule has 2 N–H and O–H groups in total. The van der Waals surface area contributed by atoms with E-state index in [2.05, 4.69) is 20.8 Å². The monoisotopic (exact) mass is 440 g/mol. The van der Waals surface area contributed by atoms with Gasteiger partial charge in [0.2, 0.25) is 11.0 Å². The molecule has 0 spiro atoms. The summed E-state index contributed by atoms with van der Waals surface area (Å²) in [5.41, 5.74) is 1.39. The third-order valence-corrected chi connectivity index (χ3v) is 5.80. The normalized spacial score (nSPS) is 10.5. The molecular weight excluding hydrogens is 427 g/mol. The highest BCUT2D eigenvalue weighted by atomic mass is 35.5. The van der Waals surface area contributed by atoms with Gasteiger partial charge < -0.3 is 15.4 Å². The maximum Gasteiger partial charge on any atom is 0.234 e. The van der Waals surface area contributed by atoms with E-state index >= 15 is 0 Å². The van der Waals surface area contributed by atoms with Crippen molar-refractivity contribution in [2.45, 2.75) is 4.34 Å². The number of carbonyl (C=O) groups excluding carboxylic acids is 1. The number of aromatic nitrogens is 2. The molecule has 10 heteroatoms. The number of thioether (sulfide) groups is 1. The molecule has 1 heterocycles. The van der Waals surface area contributed by atoms with Crippen LogP contribution in [0.5, 0.6) is 5.75 Å². The Labute approximate surface area is 174 Å². The quantitative estimate of drug-likeness (QED) is 0.483. The van der Waals surface area contributed by atoms with E-state index in [0.29, 0.717) is 25.2 Å². The highest BCUT2D eigenvalue weighted by molar-refractivity contribution is 8.01. The Hall–Kier alpha value is -2.00. The zero-order valence-electron chi connectivity index (χ0n) is 14.0. The first-order valence-corrected chi connectivity index (χ1v) is 10.2. The minimum atomic E-state index is -0.191. The van der Waals surface area contributed by atoms with Crippen LogP contribution in [-0.2, 0) is 4.79 Å². The standard InChI is InChI=1S/C17H14Cl2N4O2S2/c1-25-12-5-3-11(4-6-12)20-16-22-23-17(27-16)26-9-15(24)21-14-7-2-10(18)8-13(14)19/h2-8H,9H2,1H3,(H,20,22)(H,21,24). The lowest BCUT2D eigenvalue weighted by molar-refractivity contribution is -0.113. The number of benzene rings is 2. The van der Waals surface area contributed by atoms with Crippen molar-refractivity contribution in [2.24, 2.45) is 0 Å². The average Bonchev–Trinajstić information content (AvgIpc) is 3.10. The molecule has 2 aromatic carbocycles. The molecule has 1 amide bonds. The van der Waals surface area contributed by atoms with E-state index in [9.17, 15) is 4.79 Å². The minimum absolute atomic E-state index is 0.191. The largest absolute Gasteiger partial charge is 0.497 e. The van der Waals surface area contributed by atoms with Gasteiger partial charge in [-0.2, -0.15) is 0 Å². The van der Waals surface area contributed by atoms with Gasteiger partial charge in [0.25, 0.3) is 0 Å². The molecule has 0 radical (unpaired) electrons. The van der Waals surface area contributed by atoms with Crippen LogP contribution in [0.3, 0.4) is 0 Å². The van der Waals surface area contributed by atoms with Crippen LogP contribution in [0, 0.1) is 0 Å². The molecule has 3 rings (SSSR count). The van der Waals surface area contributed by atoms with Crippen molar-refractivity contribution in [2.75, 3.05) is 23.5 Å². The first-order chi connectivity index (χ1) is 13.0. The van der Waals surface area contributed by atoms with Gasteiger partial charge in [-0.25, -0.2) is 0 Å². The molecule has 0 fully saturated rings. The molecule has 0 aliphatic carbocycles. The molecule has 1 aromatic heterocycles. The molecule has 0 saturated carbocycles. The van der Waals surface area contributed by atoms with Crippen LogP contribution >= 0.6 is 46.3 Å². The highest BCUT2D eigenvalue weighted by Gasteiger charge is 2.10. The van der Waals surface area contributed by atoms with E-state index in [0.717, 1.165) is 11.4 Å². The second kappa shape index (κ2) is 9.27. The summed E-state index contributed by atoms with van der Waals surface area (Å²) in [6, 6.07) is 12.4. The maximum atomic E-state index is 12.1. The number of ether oxygens (including phenoxy) is 1. The number of nitrogens with zero attached hydrogens (tertiary/aromatic N) is 2. The first-order valence-electron chi connectivity index (χ1n) is 7.66. The second-order valence-corrected chi connectivity index (χ2v) is 8.23. The predicted molar refractivity (Wildman–Crippen MR) is 112 cm³/mol. The van der Waals surface area contributed by atoms with Crippen LogP contribution in [0.1, 0.15) is 0 Å². The van der Waals surface area contributed by atoms with E-state index in [4.69, 9.17) is 27.9 Å². The summed E-state index contributed by atoms with van der Waals surface area (Å²) in [4.78, 5) is 12.1. The van der Waals surface area contributed by atoms with Crippen molar-refractivity contribution in [3.8, 4) is 5.75 Å². The Morgan fingerprint density at radius 2 is 1.96 bits per heavy atom. The summed E-state index contributed by atoms with van der Waals surface area (Å²) in [5, 5.41) is 15.6. The second-order valence-electron chi connectivity index (χ2n) is 5.19. The van der Waals surface area contributed by atoms with Crippen molar-refractivity contribution < 1.29 is 9.53 Å². The van der Waals surface area contributed by atoms with E-state index in [1.165, 1.54) is 23.1 Å². The number of hydrogen-bond donors (Lipinski definition) is 2. The van der Waals surface area contributed by atoms with E-state index < -0.39 is 0 Å². The summed E-state index contributed by atoms with van der Waals surface area (Å²) >= 11 is 14.6. The number of anilines is 3. The summed E-state index contributed by atoms with van der Waals surface area (Å²) in [6.45, 7) is 0. The average molecular weight is 441 g/mol. The van der Waals surface area contributed by atoms with Crippen molar-refractivity contribution >= 4 is 68.7 Å². The molecule has 0 atom stereocenters. The predicted octanol–water partition coefficient (Wildman–Crippen LogP) is 5.33. The van der Waals surface area contributed by atoms with Crippen molar-refractivity contribution in [1.29, 1.82) is 0 Å². The highest BCUT2D eigenvalue weighted by Crippen LogP contribution is 2.29. The Morgan fingerprint density at radius 1 is 1.19 bits per heavy atom. The number of amides is 1. The number of nitrogens with one attached hydrogen (secondary N) is 2. The van der Waals surface area contributed by atoms with Gasteiger partial charge >= 0.3 is 0 Å². The summed E-state index contributed by atoms with van der Waals surface area (Å²) in [5.74, 6) is 0.779. The molecule has 0 unspecified atom stereocenters. The van der Waals surface area contributed by atoms with Crippen molar-refractivity contribution in [3.63, 3.8) is 0 Å². The topological polar surface area (TPSA) is 76.1 Å². The first kappa shape index (κ1) is 19.8. The Balaban J connectivity index is 1.52. The van der Waals surface area contributed by atoms with Crippen molar-refractivity contribution in [3.05, 3.63) is 52.5 Å². The molecule has 140 valence electrons. The lowest BCUT2D eigenvalue weighted by Gasteiger charge is -2.06. The van der Waals surface area contributed by atoms with Crippen LogP contribution in [0.4, 0.5) is 16.5 Å². The third kappa shape index (κ3) is 5.74. The Kier molecular flexibility index (Phi) is 6.78. The fourth-order valence-electron chi connectivity index (χ4n) is 2.02. The molecule has 3 aromatic rings. The Bertz CT molecular complexity index is 935. The number of methoxy groups -OCH3 is 1. The number of rotatable bonds is 7. The number of carbonyl (C=O) groups is 1. The van der Waals surface area contributed by atoms with Crippen LogP contribution in [0.15, 0.2) is 46.8 Å². The molecule has 6 nitrogen and oxygen atoms in total. The Morgan fingerprint density at radius 3 is 2.67 bits per heavy atom. The minimum Gasteiger partial charge on any atom is -0.497 e.